The molecule has 1 amide bonds. The van der Waals surface area contributed by atoms with Gasteiger partial charge < -0.3 is 0 Å². The number of carbonyl (C=O) groups is 1. The summed E-state index contributed by atoms with van der Waals surface area (Å²) in [4.78, 5) is 12.1. The lowest BCUT2D eigenvalue weighted by atomic mass is 9.86. The number of aryl methyl sites for hydroxylation is 2. The van der Waals surface area contributed by atoms with Crippen molar-refractivity contribution in [2.75, 3.05) is 0 Å². The second-order valence-electron chi connectivity index (χ2n) is 8.56. The van der Waals surface area contributed by atoms with E-state index in [0.717, 1.165) is 22.3 Å². The van der Waals surface area contributed by atoms with Crippen LogP contribution in [0, 0.1) is 6.92 Å². The molecule has 0 aromatic heterocycles. The number of benzene rings is 2. The predicted octanol–water partition coefficient (Wildman–Crippen LogP) is 3.74. The minimum atomic E-state index is -3.43. The molecule has 1 aliphatic carbocycles. The Labute approximate surface area is 166 Å². The van der Waals surface area contributed by atoms with E-state index in [1.165, 1.54) is 0 Å². The van der Waals surface area contributed by atoms with Gasteiger partial charge in [-0.15, -0.1) is 0 Å². The Hall–Kier alpha value is -2.18. The second-order valence-corrected chi connectivity index (χ2v) is 10.8. The van der Waals surface area contributed by atoms with Crippen molar-refractivity contribution in [2.24, 2.45) is 0 Å². The molecule has 0 radical (unpaired) electrons. The van der Waals surface area contributed by atoms with E-state index in [4.69, 9.17) is 5.21 Å². The standard InChI is InChI=1S/C22H27NO4S/c1-14-11-16(21(24)23-25)12-15-5-8-19(13-20(14)15)28(26,27)18-9-6-17(7-10-18)22(2,3)4/h6-7,9-12,19,25H,5,8,13H2,1-4H3,(H,23,24). The van der Waals surface area contributed by atoms with Gasteiger partial charge in [-0.1, -0.05) is 32.9 Å². The molecule has 0 fully saturated rings. The third-order valence-electron chi connectivity index (χ3n) is 5.58. The van der Waals surface area contributed by atoms with Crippen molar-refractivity contribution >= 4 is 15.7 Å². The molecule has 0 aliphatic heterocycles. The summed E-state index contributed by atoms with van der Waals surface area (Å²) in [5.74, 6) is -0.556. The molecule has 1 atom stereocenters. The highest BCUT2D eigenvalue weighted by atomic mass is 32.2. The van der Waals surface area contributed by atoms with Crippen LogP contribution in [0.1, 0.15) is 59.8 Å². The summed E-state index contributed by atoms with van der Waals surface area (Å²) < 4.78 is 26.4. The van der Waals surface area contributed by atoms with Gasteiger partial charge in [0, 0.05) is 5.56 Å². The first kappa shape index (κ1) is 20.6. The lowest BCUT2D eigenvalue weighted by Crippen LogP contribution is -2.29. The summed E-state index contributed by atoms with van der Waals surface area (Å²) in [5.41, 5.74) is 5.95. The topological polar surface area (TPSA) is 83.5 Å². The predicted molar refractivity (Wildman–Crippen MR) is 109 cm³/mol. The van der Waals surface area contributed by atoms with Crippen LogP contribution in [0.25, 0.3) is 0 Å². The normalized spacial score (nSPS) is 17.1. The number of amides is 1. The first-order chi connectivity index (χ1) is 13.0. The third-order valence-corrected chi connectivity index (χ3v) is 7.79. The number of hydrogen-bond donors (Lipinski definition) is 2. The average Bonchev–Trinajstić information content (AvgIpc) is 2.66. The molecule has 2 aromatic carbocycles. The molecule has 3 rings (SSSR count). The monoisotopic (exact) mass is 401 g/mol. The van der Waals surface area contributed by atoms with E-state index in [9.17, 15) is 13.2 Å². The van der Waals surface area contributed by atoms with Crippen molar-refractivity contribution in [1.29, 1.82) is 0 Å². The Morgan fingerprint density at radius 3 is 2.36 bits per heavy atom. The summed E-state index contributed by atoms with van der Waals surface area (Å²) in [6.07, 6.45) is 1.54. The van der Waals surface area contributed by atoms with Gasteiger partial charge in [-0.25, -0.2) is 13.9 Å². The molecule has 0 saturated carbocycles. The molecule has 6 heteroatoms. The van der Waals surface area contributed by atoms with Crippen LogP contribution in [-0.2, 0) is 28.1 Å². The van der Waals surface area contributed by atoms with Crippen molar-refractivity contribution in [2.45, 2.75) is 62.5 Å². The summed E-state index contributed by atoms with van der Waals surface area (Å²) in [6.45, 7) is 8.17. The number of fused-ring (bicyclic) bond motifs is 1. The van der Waals surface area contributed by atoms with E-state index < -0.39 is 21.0 Å². The van der Waals surface area contributed by atoms with Crippen molar-refractivity contribution in [1.82, 2.24) is 5.48 Å². The quantitative estimate of drug-likeness (QED) is 0.606. The highest BCUT2D eigenvalue weighted by Crippen LogP contribution is 2.32. The zero-order valence-electron chi connectivity index (χ0n) is 16.7. The van der Waals surface area contributed by atoms with Crippen LogP contribution in [0.2, 0.25) is 0 Å². The maximum Gasteiger partial charge on any atom is 0.274 e. The molecule has 0 bridgehead atoms. The Morgan fingerprint density at radius 1 is 1.14 bits per heavy atom. The molecule has 5 nitrogen and oxygen atoms in total. The Balaban J connectivity index is 1.89. The third kappa shape index (κ3) is 3.84. The van der Waals surface area contributed by atoms with Gasteiger partial charge in [-0.3, -0.25) is 10.0 Å². The van der Waals surface area contributed by atoms with Crippen LogP contribution < -0.4 is 5.48 Å². The van der Waals surface area contributed by atoms with Crippen molar-refractivity contribution in [3.8, 4) is 0 Å². The van der Waals surface area contributed by atoms with Crippen molar-refractivity contribution in [3.05, 3.63) is 64.2 Å². The fraction of sp³-hybridized carbons (Fsp3) is 0.409. The van der Waals surface area contributed by atoms with Crippen LogP contribution in [0.15, 0.2) is 41.3 Å². The minimum Gasteiger partial charge on any atom is -0.288 e. The summed E-state index contributed by atoms with van der Waals surface area (Å²) in [6, 6.07) is 10.7. The number of hydrogen-bond acceptors (Lipinski definition) is 4. The van der Waals surface area contributed by atoms with Gasteiger partial charge in [0.25, 0.3) is 5.91 Å². The molecule has 1 aliphatic rings. The fourth-order valence-electron chi connectivity index (χ4n) is 3.85. The van der Waals surface area contributed by atoms with Gasteiger partial charge in [0.05, 0.1) is 10.1 Å². The van der Waals surface area contributed by atoms with E-state index in [-0.39, 0.29) is 5.41 Å². The maximum atomic E-state index is 13.2. The number of hydroxylamine groups is 1. The Bertz CT molecular complexity index is 1000. The van der Waals surface area contributed by atoms with Crippen LogP contribution >= 0.6 is 0 Å². The average molecular weight is 402 g/mol. The highest BCUT2D eigenvalue weighted by molar-refractivity contribution is 7.92. The van der Waals surface area contributed by atoms with Gasteiger partial charge in [-0.2, -0.15) is 0 Å². The minimum absolute atomic E-state index is 0.0260. The van der Waals surface area contributed by atoms with Gasteiger partial charge in [0.15, 0.2) is 9.84 Å². The Morgan fingerprint density at radius 2 is 1.79 bits per heavy atom. The summed E-state index contributed by atoms with van der Waals surface area (Å²) in [7, 11) is -3.43. The largest absolute Gasteiger partial charge is 0.288 e. The smallest absolute Gasteiger partial charge is 0.274 e. The molecular weight excluding hydrogens is 374 g/mol. The molecule has 0 spiro atoms. The number of carbonyl (C=O) groups excluding carboxylic acids is 1. The lowest BCUT2D eigenvalue weighted by Gasteiger charge is -2.27. The second kappa shape index (κ2) is 7.33. The SMILES string of the molecule is Cc1cc(C(=O)NO)cc2c1CC(S(=O)(=O)c1ccc(C(C)(C)C)cc1)CC2. The van der Waals surface area contributed by atoms with Crippen molar-refractivity contribution < 1.29 is 18.4 Å². The number of nitrogens with one attached hydrogen (secondary N) is 1. The van der Waals surface area contributed by atoms with Crippen LogP contribution in [-0.4, -0.2) is 24.8 Å². The molecule has 0 heterocycles. The number of rotatable bonds is 3. The van der Waals surface area contributed by atoms with Gasteiger partial charge >= 0.3 is 0 Å². The zero-order chi connectivity index (χ0) is 20.7. The van der Waals surface area contributed by atoms with E-state index in [0.29, 0.717) is 29.7 Å². The van der Waals surface area contributed by atoms with E-state index in [2.05, 4.69) is 20.8 Å². The Kier molecular flexibility index (Phi) is 5.38. The van der Waals surface area contributed by atoms with E-state index >= 15 is 0 Å². The molecule has 0 saturated heterocycles. The first-order valence-electron chi connectivity index (χ1n) is 9.45. The summed E-state index contributed by atoms with van der Waals surface area (Å²) in [5, 5.41) is 8.37. The lowest BCUT2D eigenvalue weighted by molar-refractivity contribution is 0.0706. The molecule has 28 heavy (non-hydrogen) atoms. The first-order valence-corrected chi connectivity index (χ1v) is 11.0. The van der Waals surface area contributed by atoms with E-state index in [1.54, 1.807) is 29.7 Å². The van der Waals surface area contributed by atoms with Crippen LogP contribution in [0.5, 0.6) is 0 Å². The van der Waals surface area contributed by atoms with E-state index in [1.807, 2.05) is 19.1 Å². The molecule has 2 aromatic rings. The zero-order valence-corrected chi connectivity index (χ0v) is 17.6. The van der Waals surface area contributed by atoms with Gasteiger partial charge in [0.2, 0.25) is 0 Å². The molecule has 2 N–H and O–H groups in total. The maximum absolute atomic E-state index is 13.2. The highest BCUT2D eigenvalue weighted by Gasteiger charge is 2.32. The van der Waals surface area contributed by atoms with Crippen LogP contribution in [0.4, 0.5) is 0 Å². The van der Waals surface area contributed by atoms with Gasteiger partial charge in [-0.05, 0) is 78.1 Å². The van der Waals surface area contributed by atoms with Crippen LogP contribution in [0.3, 0.4) is 0 Å². The summed E-state index contributed by atoms with van der Waals surface area (Å²) >= 11 is 0. The van der Waals surface area contributed by atoms with Gasteiger partial charge in [0.1, 0.15) is 0 Å². The van der Waals surface area contributed by atoms with Crippen molar-refractivity contribution in [3.63, 3.8) is 0 Å². The number of sulfone groups is 1. The molecule has 1 unspecified atom stereocenters. The molecular formula is C22H27NO4S. The fourth-order valence-corrected chi connectivity index (χ4v) is 5.56. The molecule has 150 valence electrons.